The highest BCUT2D eigenvalue weighted by atomic mass is 19.1. The van der Waals surface area contributed by atoms with E-state index in [4.69, 9.17) is 6.42 Å². The summed E-state index contributed by atoms with van der Waals surface area (Å²) in [6.45, 7) is 0. The minimum Gasteiger partial charge on any atom is -0.258 e. The lowest BCUT2D eigenvalue weighted by molar-refractivity contribution is -0.387. The highest BCUT2D eigenvalue weighted by Crippen LogP contribution is 2.49. The second-order valence-corrected chi connectivity index (χ2v) is 3.62. The fraction of sp³-hybridized carbons (Fsp3) is 0.273. The first-order valence-corrected chi connectivity index (χ1v) is 4.52. The Balaban J connectivity index is 2.56. The number of rotatable bonds is 2. The van der Waals surface area contributed by atoms with Crippen molar-refractivity contribution in [3.8, 4) is 12.3 Å². The number of halogens is 1. The van der Waals surface area contributed by atoms with Crippen molar-refractivity contribution in [2.24, 2.45) is 0 Å². The van der Waals surface area contributed by atoms with Crippen molar-refractivity contribution in [1.29, 1.82) is 0 Å². The summed E-state index contributed by atoms with van der Waals surface area (Å²) in [4.78, 5) is 9.79. The molecule has 0 spiro atoms. The summed E-state index contributed by atoms with van der Waals surface area (Å²) >= 11 is 0. The van der Waals surface area contributed by atoms with Crippen molar-refractivity contribution in [3.63, 3.8) is 0 Å². The van der Waals surface area contributed by atoms with E-state index >= 15 is 0 Å². The van der Waals surface area contributed by atoms with Gasteiger partial charge in [-0.3, -0.25) is 10.1 Å². The maximum absolute atomic E-state index is 13.7. The van der Waals surface area contributed by atoms with Crippen LogP contribution in [-0.2, 0) is 5.41 Å². The zero-order chi connectivity index (χ0) is 11.1. The molecule has 4 heteroatoms. The Labute approximate surface area is 86.1 Å². The summed E-state index contributed by atoms with van der Waals surface area (Å²) in [5, 5.41) is 10.5. The van der Waals surface area contributed by atoms with Crippen molar-refractivity contribution in [2.45, 2.75) is 18.3 Å². The van der Waals surface area contributed by atoms with Gasteiger partial charge in [0.25, 0.3) is 0 Å². The fourth-order valence-electron chi connectivity index (χ4n) is 1.65. The average molecular weight is 205 g/mol. The molecule has 0 radical (unpaired) electrons. The third-order valence-electron chi connectivity index (χ3n) is 2.72. The van der Waals surface area contributed by atoms with Crippen LogP contribution < -0.4 is 0 Å². The molecule has 76 valence electrons. The molecular weight excluding hydrogens is 197 g/mol. The van der Waals surface area contributed by atoms with Gasteiger partial charge in [0.15, 0.2) is 0 Å². The van der Waals surface area contributed by atoms with Crippen LogP contribution in [0.4, 0.5) is 10.1 Å². The molecular formula is C11H8FNO2. The topological polar surface area (TPSA) is 43.1 Å². The van der Waals surface area contributed by atoms with Crippen LogP contribution in [0.1, 0.15) is 18.4 Å². The summed E-state index contributed by atoms with van der Waals surface area (Å²) in [5.74, 6) is 1.72. The van der Waals surface area contributed by atoms with Gasteiger partial charge in [0.05, 0.1) is 10.3 Å². The van der Waals surface area contributed by atoms with Crippen LogP contribution in [-0.4, -0.2) is 4.92 Å². The van der Waals surface area contributed by atoms with Crippen LogP contribution in [0.15, 0.2) is 18.2 Å². The number of nitrogens with zero attached hydrogens (tertiary/aromatic N) is 1. The van der Waals surface area contributed by atoms with Crippen LogP contribution >= 0.6 is 0 Å². The Morgan fingerprint density at radius 3 is 2.67 bits per heavy atom. The summed E-state index contributed by atoms with van der Waals surface area (Å²) in [6.07, 6.45) is 6.70. The number of nitro benzene ring substituents is 1. The Morgan fingerprint density at radius 1 is 1.53 bits per heavy atom. The Hall–Kier alpha value is -1.89. The molecule has 0 aliphatic heterocycles. The van der Waals surface area contributed by atoms with Crippen LogP contribution in [0.2, 0.25) is 0 Å². The quantitative estimate of drug-likeness (QED) is 0.422. The van der Waals surface area contributed by atoms with E-state index in [0.29, 0.717) is 12.8 Å². The second-order valence-electron chi connectivity index (χ2n) is 3.62. The van der Waals surface area contributed by atoms with Crippen molar-refractivity contribution in [3.05, 3.63) is 39.7 Å². The van der Waals surface area contributed by atoms with E-state index < -0.39 is 21.8 Å². The molecule has 0 bridgehead atoms. The van der Waals surface area contributed by atoms with Crippen LogP contribution in [0.25, 0.3) is 0 Å². The Morgan fingerprint density at radius 2 is 2.20 bits per heavy atom. The highest BCUT2D eigenvalue weighted by molar-refractivity contribution is 5.47. The molecule has 0 saturated heterocycles. The standard InChI is InChI=1S/C11H8FNO2/c1-2-11(6-7-11)8-4-3-5-9(10(8)12)13(14)15/h1,3-5H,6-7H2. The van der Waals surface area contributed by atoms with Gasteiger partial charge in [-0.15, -0.1) is 6.42 Å². The number of hydrogen-bond donors (Lipinski definition) is 0. The van der Waals surface area contributed by atoms with Gasteiger partial charge in [-0.25, -0.2) is 0 Å². The van der Waals surface area contributed by atoms with Crippen molar-refractivity contribution in [2.75, 3.05) is 0 Å². The SMILES string of the molecule is C#CC1(c2cccc([N+](=O)[O-])c2F)CC1. The van der Waals surface area contributed by atoms with Crippen LogP contribution in [0, 0.1) is 28.3 Å². The lowest BCUT2D eigenvalue weighted by atomic mass is 9.96. The van der Waals surface area contributed by atoms with Gasteiger partial charge in [-0.05, 0) is 12.8 Å². The van der Waals surface area contributed by atoms with Gasteiger partial charge in [0.1, 0.15) is 0 Å². The molecule has 1 aliphatic rings. The second kappa shape index (κ2) is 3.06. The molecule has 0 N–H and O–H groups in total. The van der Waals surface area contributed by atoms with E-state index in [2.05, 4.69) is 5.92 Å². The molecule has 3 nitrogen and oxygen atoms in total. The van der Waals surface area contributed by atoms with E-state index in [1.54, 1.807) is 0 Å². The molecule has 15 heavy (non-hydrogen) atoms. The number of benzene rings is 1. The van der Waals surface area contributed by atoms with E-state index in [0.717, 1.165) is 6.07 Å². The Bertz CT molecular complexity index is 472. The van der Waals surface area contributed by atoms with Crippen molar-refractivity contribution < 1.29 is 9.31 Å². The lowest BCUT2D eigenvalue weighted by Crippen LogP contribution is -2.07. The number of hydrogen-bond acceptors (Lipinski definition) is 2. The number of nitro groups is 1. The van der Waals surface area contributed by atoms with Gasteiger partial charge < -0.3 is 0 Å². The molecule has 1 saturated carbocycles. The highest BCUT2D eigenvalue weighted by Gasteiger charge is 2.45. The predicted molar refractivity (Wildman–Crippen MR) is 52.8 cm³/mol. The maximum Gasteiger partial charge on any atom is 0.305 e. The van der Waals surface area contributed by atoms with E-state index in [9.17, 15) is 14.5 Å². The largest absolute Gasteiger partial charge is 0.305 e. The van der Waals surface area contributed by atoms with Crippen LogP contribution in [0.3, 0.4) is 0 Å². The zero-order valence-corrected chi connectivity index (χ0v) is 7.87. The fourth-order valence-corrected chi connectivity index (χ4v) is 1.65. The van der Waals surface area contributed by atoms with Gasteiger partial charge in [-0.1, -0.05) is 18.1 Å². The molecule has 0 aromatic heterocycles. The first kappa shape index (κ1) is 9.66. The van der Waals surface area contributed by atoms with Gasteiger partial charge in [-0.2, -0.15) is 4.39 Å². The normalized spacial score (nSPS) is 16.8. The van der Waals surface area contributed by atoms with Gasteiger partial charge in [0.2, 0.25) is 5.82 Å². The molecule has 0 unspecified atom stereocenters. The molecule has 1 aromatic carbocycles. The molecule has 1 fully saturated rings. The van der Waals surface area contributed by atoms with Crippen LogP contribution in [0.5, 0.6) is 0 Å². The maximum atomic E-state index is 13.7. The first-order chi connectivity index (χ1) is 7.10. The molecule has 1 aromatic rings. The summed E-state index contributed by atoms with van der Waals surface area (Å²) < 4.78 is 13.7. The molecule has 0 heterocycles. The molecule has 1 aliphatic carbocycles. The third kappa shape index (κ3) is 1.37. The minimum absolute atomic E-state index is 0.277. The van der Waals surface area contributed by atoms with E-state index in [1.807, 2.05) is 0 Å². The van der Waals surface area contributed by atoms with E-state index in [1.165, 1.54) is 12.1 Å². The van der Waals surface area contributed by atoms with Gasteiger partial charge in [0, 0.05) is 11.6 Å². The number of terminal acetylenes is 1. The third-order valence-corrected chi connectivity index (χ3v) is 2.72. The van der Waals surface area contributed by atoms with E-state index in [-0.39, 0.29) is 5.56 Å². The van der Waals surface area contributed by atoms with Crippen molar-refractivity contribution in [1.82, 2.24) is 0 Å². The Kier molecular flexibility index (Phi) is 1.97. The van der Waals surface area contributed by atoms with Crippen molar-refractivity contribution >= 4 is 5.69 Å². The van der Waals surface area contributed by atoms with Gasteiger partial charge >= 0.3 is 5.69 Å². The summed E-state index contributed by atoms with van der Waals surface area (Å²) in [5.41, 5.74) is -0.830. The molecule has 2 rings (SSSR count). The average Bonchev–Trinajstić information content (AvgIpc) is 2.98. The minimum atomic E-state index is -0.794. The lowest BCUT2D eigenvalue weighted by Gasteiger charge is -2.08. The molecule has 0 atom stereocenters. The summed E-state index contributed by atoms with van der Waals surface area (Å²) in [6, 6.07) is 4.13. The smallest absolute Gasteiger partial charge is 0.258 e. The monoisotopic (exact) mass is 205 g/mol. The predicted octanol–water partition coefficient (Wildman–Crippen LogP) is 2.40. The summed E-state index contributed by atoms with van der Waals surface area (Å²) in [7, 11) is 0. The first-order valence-electron chi connectivity index (χ1n) is 4.52. The molecule has 0 amide bonds. The zero-order valence-electron chi connectivity index (χ0n) is 7.87.